The molecule has 0 spiro atoms. The average molecular weight is 592 g/mol. The van der Waals surface area contributed by atoms with Crippen LogP contribution in [0, 0.1) is 6.92 Å². The standard InChI is InChI=1S/C35H37N5O4/c1-20-9-8-12-26(36-20)31-30(21-10-6-7-11-21)25-15-13-22(18-28(25)40(31)5)32(41)38-35(2,3)34(44)37-24-14-16-27-23(17-24)19-29(33(42)43)39(27)4/h8-9,12-19,21H,6-7,10-11H2,1-5H3,(H,37,44)(H,38,41)(H,42,43). The van der Waals surface area contributed by atoms with E-state index in [4.69, 9.17) is 4.98 Å². The van der Waals surface area contributed by atoms with Crippen LogP contribution in [-0.4, -0.2) is 42.5 Å². The third-order valence-electron chi connectivity index (χ3n) is 8.91. The molecular weight excluding hydrogens is 554 g/mol. The summed E-state index contributed by atoms with van der Waals surface area (Å²) < 4.78 is 3.74. The summed E-state index contributed by atoms with van der Waals surface area (Å²) in [5, 5.41) is 17.0. The molecule has 1 aliphatic rings. The lowest BCUT2D eigenvalue weighted by Gasteiger charge is -2.25. The molecule has 6 rings (SSSR count). The van der Waals surface area contributed by atoms with Crippen molar-refractivity contribution in [1.82, 2.24) is 19.4 Å². The second-order valence-electron chi connectivity index (χ2n) is 12.4. The number of hydrogen-bond donors (Lipinski definition) is 3. The zero-order chi connectivity index (χ0) is 31.3. The van der Waals surface area contributed by atoms with Crippen molar-refractivity contribution in [2.45, 2.75) is 57.9 Å². The van der Waals surface area contributed by atoms with E-state index in [0.29, 0.717) is 22.6 Å². The number of amides is 2. The predicted octanol–water partition coefficient (Wildman–Crippen LogP) is 6.54. The van der Waals surface area contributed by atoms with Crippen molar-refractivity contribution in [2.75, 3.05) is 5.32 Å². The molecule has 5 aromatic rings. The largest absolute Gasteiger partial charge is 0.477 e. The Balaban J connectivity index is 1.27. The van der Waals surface area contributed by atoms with Crippen LogP contribution in [0.5, 0.6) is 0 Å². The first-order valence-electron chi connectivity index (χ1n) is 15.0. The number of anilines is 1. The number of carboxylic acid groups (broad SMARTS) is 1. The lowest BCUT2D eigenvalue weighted by molar-refractivity contribution is -0.120. The lowest BCUT2D eigenvalue weighted by atomic mass is 9.93. The van der Waals surface area contributed by atoms with E-state index in [-0.39, 0.29) is 11.6 Å². The maximum absolute atomic E-state index is 13.5. The topological polar surface area (TPSA) is 118 Å². The molecular formula is C35H37N5O4. The van der Waals surface area contributed by atoms with Crippen molar-refractivity contribution in [1.29, 1.82) is 0 Å². The van der Waals surface area contributed by atoms with E-state index in [0.717, 1.165) is 46.3 Å². The van der Waals surface area contributed by atoms with Gasteiger partial charge >= 0.3 is 5.97 Å². The molecule has 0 unspecified atom stereocenters. The Kier molecular flexibility index (Phi) is 7.27. The van der Waals surface area contributed by atoms with Gasteiger partial charge in [0, 0.05) is 52.8 Å². The van der Waals surface area contributed by atoms with Gasteiger partial charge in [0.05, 0.1) is 11.4 Å². The lowest BCUT2D eigenvalue weighted by Crippen LogP contribution is -2.52. The second kappa shape index (κ2) is 11.0. The Hall–Kier alpha value is -4.92. The normalized spacial score (nSPS) is 13.9. The zero-order valence-electron chi connectivity index (χ0n) is 25.7. The van der Waals surface area contributed by atoms with Crippen molar-refractivity contribution in [3.8, 4) is 11.4 Å². The quantitative estimate of drug-likeness (QED) is 0.199. The Morgan fingerprint density at radius 3 is 2.39 bits per heavy atom. The van der Waals surface area contributed by atoms with Gasteiger partial charge in [-0.2, -0.15) is 0 Å². The summed E-state index contributed by atoms with van der Waals surface area (Å²) in [7, 11) is 3.72. The number of carboxylic acids is 1. The summed E-state index contributed by atoms with van der Waals surface area (Å²) in [5.74, 6) is -1.32. The van der Waals surface area contributed by atoms with Gasteiger partial charge in [-0.3, -0.25) is 14.6 Å². The van der Waals surface area contributed by atoms with Crippen molar-refractivity contribution >= 4 is 45.3 Å². The van der Waals surface area contributed by atoms with Crippen LogP contribution in [0.2, 0.25) is 0 Å². The number of rotatable bonds is 7. The van der Waals surface area contributed by atoms with E-state index in [2.05, 4.69) is 21.3 Å². The number of aryl methyl sites for hydroxylation is 3. The monoisotopic (exact) mass is 591 g/mol. The van der Waals surface area contributed by atoms with Gasteiger partial charge in [-0.25, -0.2) is 4.79 Å². The van der Waals surface area contributed by atoms with Crippen LogP contribution in [0.1, 0.15) is 77.6 Å². The highest BCUT2D eigenvalue weighted by atomic mass is 16.4. The molecule has 3 N–H and O–H groups in total. The molecule has 44 heavy (non-hydrogen) atoms. The van der Waals surface area contributed by atoms with Crippen LogP contribution in [0.15, 0.2) is 60.7 Å². The van der Waals surface area contributed by atoms with E-state index in [1.165, 1.54) is 18.4 Å². The fourth-order valence-electron chi connectivity index (χ4n) is 6.55. The highest BCUT2D eigenvalue weighted by Gasteiger charge is 2.31. The number of fused-ring (bicyclic) bond motifs is 2. The molecule has 3 aromatic heterocycles. The van der Waals surface area contributed by atoms with Gasteiger partial charge in [0.15, 0.2) is 0 Å². The highest BCUT2D eigenvalue weighted by molar-refractivity contribution is 6.06. The first kappa shape index (κ1) is 29.2. The van der Waals surface area contributed by atoms with Gasteiger partial charge in [-0.15, -0.1) is 0 Å². The number of benzene rings is 2. The third kappa shape index (κ3) is 5.12. The first-order chi connectivity index (χ1) is 20.9. The van der Waals surface area contributed by atoms with E-state index in [1.54, 1.807) is 49.7 Å². The number of carbonyl (C=O) groups is 3. The number of hydrogen-bond acceptors (Lipinski definition) is 4. The molecule has 0 aliphatic heterocycles. The highest BCUT2D eigenvalue weighted by Crippen LogP contribution is 2.44. The van der Waals surface area contributed by atoms with Crippen molar-refractivity contribution < 1.29 is 19.5 Å². The van der Waals surface area contributed by atoms with Gasteiger partial charge < -0.3 is 24.9 Å². The average Bonchev–Trinajstić information content (AvgIpc) is 3.69. The number of carbonyl (C=O) groups excluding carboxylic acids is 2. The number of aromatic carboxylic acids is 1. The van der Waals surface area contributed by atoms with Gasteiger partial charge in [0.2, 0.25) is 5.91 Å². The molecule has 0 atom stereocenters. The van der Waals surface area contributed by atoms with Crippen LogP contribution in [0.25, 0.3) is 33.2 Å². The number of nitrogens with one attached hydrogen (secondary N) is 2. The molecule has 1 fully saturated rings. The summed E-state index contributed by atoms with van der Waals surface area (Å²) in [6.45, 7) is 5.31. The summed E-state index contributed by atoms with van der Waals surface area (Å²) >= 11 is 0. The summed E-state index contributed by atoms with van der Waals surface area (Å²) in [4.78, 5) is 43.2. The van der Waals surface area contributed by atoms with Crippen molar-refractivity contribution in [2.24, 2.45) is 14.1 Å². The summed E-state index contributed by atoms with van der Waals surface area (Å²) in [5.41, 5.74) is 5.88. The van der Waals surface area contributed by atoms with Crippen molar-refractivity contribution in [3.05, 3.63) is 83.2 Å². The summed E-state index contributed by atoms with van der Waals surface area (Å²) in [6, 6.07) is 18.6. The SMILES string of the molecule is Cc1cccc(-c2c(C3CCCC3)c3ccc(C(=O)NC(C)(C)C(=O)Nc4ccc5c(c4)cc(C(=O)O)n5C)cc3n2C)n1. The maximum Gasteiger partial charge on any atom is 0.352 e. The minimum Gasteiger partial charge on any atom is -0.477 e. The number of nitrogens with zero attached hydrogens (tertiary/aromatic N) is 3. The Bertz CT molecular complexity index is 1960. The fourth-order valence-corrected chi connectivity index (χ4v) is 6.55. The third-order valence-corrected chi connectivity index (χ3v) is 8.91. The number of pyridine rings is 1. The smallest absolute Gasteiger partial charge is 0.352 e. The van der Waals surface area contributed by atoms with Crippen LogP contribution < -0.4 is 10.6 Å². The minimum atomic E-state index is -1.23. The Morgan fingerprint density at radius 2 is 1.68 bits per heavy atom. The molecule has 1 aliphatic carbocycles. The molecule has 9 nitrogen and oxygen atoms in total. The molecule has 0 saturated heterocycles. The van der Waals surface area contributed by atoms with E-state index in [1.807, 2.05) is 44.3 Å². The molecule has 2 aromatic carbocycles. The maximum atomic E-state index is 13.5. The molecule has 226 valence electrons. The van der Waals surface area contributed by atoms with E-state index >= 15 is 0 Å². The van der Waals surface area contributed by atoms with Gasteiger partial charge in [0.25, 0.3) is 5.91 Å². The van der Waals surface area contributed by atoms with Crippen molar-refractivity contribution in [3.63, 3.8) is 0 Å². The predicted molar refractivity (Wildman–Crippen MR) is 172 cm³/mol. The minimum absolute atomic E-state index is 0.156. The molecule has 1 saturated carbocycles. The van der Waals surface area contributed by atoms with Gasteiger partial charge in [-0.05, 0) is 93.6 Å². The zero-order valence-corrected chi connectivity index (χ0v) is 25.7. The van der Waals surface area contributed by atoms with Crippen LogP contribution >= 0.6 is 0 Å². The molecule has 9 heteroatoms. The van der Waals surface area contributed by atoms with Gasteiger partial charge in [-0.1, -0.05) is 25.0 Å². The Morgan fingerprint density at radius 1 is 0.932 bits per heavy atom. The summed E-state index contributed by atoms with van der Waals surface area (Å²) in [6.07, 6.45) is 4.70. The molecule has 0 radical (unpaired) electrons. The van der Waals surface area contributed by atoms with E-state index in [9.17, 15) is 19.5 Å². The van der Waals surface area contributed by atoms with Crippen LogP contribution in [0.3, 0.4) is 0 Å². The van der Waals surface area contributed by atoms with Crippen LogP contribution in [0.4, 0.5) is 5.69 Å². The Labute approximate surface area is 255 Å². The van der Waals surface area contributed by atoms with Gasteiger partial charge in [0.1, 0.15) is 11.2 Å². The molecule has 3 heterocycles. The van der Waals surface area contributed by atoms with Crippen LogP contribution in [-0.2, 0) is 18.9 Å². The number of aromatic nitrogens is 3. The second-order valence-corrected chi connectivity index (χ2v) is 12.4. The first-order valence-corrected chi connectivity index (χ1v) is 15.0. The molecule has 0 bridgehead atoms. The molecule has 2 amide bonds. The fraction of sp³-hybridized carbons (Fsp3) is 0.314. The van der Waals surface area contributed by atoms with E-state index < -0.39 is 17.4 Å².